The second kappa shape index (κ2) is 5.16. The molecule has 0 radical (unpaired) electrons. The fourth-order valence-electron chi connectivity index (χ4n) is 3.08. The number of nitrogens with zero attached hydrogens (tertiary/aromatic N) is 3. The van der Waals surface area contributed by atoms with Crippen molar-refractivity contribution in [3.63, 3.8) is 0 Å². The Kier molecular flexibility index (Phi) is 3.46. The van der Waals surface area contributed by atoms with Gasteiger partial charge in [0.15, 0.2) is 0 Å². The number of carbonyl (C=O) groups excluding carboxylic acids is 1. The Morgan fingerprint density at radius 2 is 2.00 bits per heavy atom. The molecule has 3 fully saturated rings. The van der Waals surface area contributed by atoms with Crippen molar-refractivity contribution in [2.24, 2.45) is 5.92 Å². The Morgan fingerprint density at radius 1 is 1.29 bits per heavy atom. The molecule has 4 rings (SSSR count). The van der Waals surface area contributed by atoms with Crippen molar-refractivity contribution in [2.75, 3.05) is 6.54 Å². The average molecular weight is 301 g/mol. The van der Waals surface area contributed by atoms with Crippen molar-refractivity contribution >= 4 is 6.41 Å². The van der Waals surface area contributed by atoms with Crippen LogP contribution in [0.1, 0.15) is 24.8 Å². The maximum absolute atomic E-state index is 12.4. The Morgan fingerprint density at radius 3 is 2.57 bits per heavy atom. The van der Waals surface area contributed by atoms with E-state index in [0.29, 0.717) is 18.3 Å². The lowest BCUT2D eigenvalue weighted by molar-refractivity contribution is -0.138. The minimum absolute atomic E-state index is 0.0432. The van der Waals surface area contributed by atoms with E-state index in [0.717, 1.165) is 32.2 Å². The summed E-state index contributed by atoms with van der Waals surface area (Å²) in [5.41, 5.74) is -0.908. The lowest BCUT2D eigenvalue weighted by Crippen LogP contribution is -2.56. The molecule has 3 atom stereocenters. The highest BCUT2D eigenvalue weighted by Gasteiger charge is 2.42. The number of hydrogen-bond acceptors (Lipinski definition) is 4. The minimum Gasteiger partial charge on any atom is -0.458 e. The van der Waals surface area contributed by atoms with Crippen LogP contribution in [0.15, 0.2) is 12.4 Å². The second-order valence-electron chi connectivity index (χ2n) is 5.46. The number of carbonyl (C=O) groups is 1. The van der Waals surface area contributed by atoms with Crippen LogP contribution in [0.4, 0.5) is 13.2 Å². The topological polar surface area (TPSA) is 55.3 Å². The van der Waals surface area contributed by atoms with Crippen molar-refractivity contribution in [1.82, 2.24) is 14.9 Å². The highest BCUT2D eigenvalue weighted by Crippen LogP contribution is 2.36. The molecule has 8 heteroatoms. The standard InChI is InChI=1S/C13H14F3N3O2/c14-13(15,16)9-4-17-12(18-5-9)21-11-3-8-1-2-10(11)19(6-8)7-20/h4-5,7-8,10-11H,1-3,6H2/t8-,10+,11-/m1/s1. The third-order valence-corrected chi connectivity index (χ3v) is 4.11. The number of amides is 1. The zero-order valence-electron chi connectivity index (χ0n) is 11.1. The van der Waals surface area contributed by atoms with Crippen LogP contribution in [0.5, 0.6) is 6.01 Å². The molecule has 3 heterocycles. The molecule has 1 aromatic rings. The van der Waals surface area contributed by atoms with E-state index in [1.807, 2.05) is 0 Å². The van der Waals surface area contributed by atoms with E-state index in [-0.39, 0.29) is 18.2 Å². The molecule has 0 unspecified atom stereocenters. The molecule has 2 bridgehead atoms. The van der Waals surface area contributed by atoms with Gasteiger partial charge in [-0.2, -0.15) is 13.2 Å². The number of ether oxygens (including phenoxy) is 1. The number of hydrogen-bond donors (Lipinski definition) is 0. The van der Waals surface area contributed by atoms with Crippen LogP contribution in [0.25, 0.3) is 0 Å². The zero-order chi connectivity index (χ0) is 15.0. The third-order valence-electron chi connectivity index (χ3n) is 4.11. The van der Waals surface area contributed by atoms with E-state index < -0.39 is 11.7 Å². The summed E-state index contributed by atoms with van der Waals surface area (Å²) >= 11 is 0. The first-order valence-electron chi connectivity index (χ1n) is 6.74. The molecular formula is C13H14F3N3O2. The number of aromatic nitrogens is 2. The lowest BCUT2D eigenvalue weighted by Gasteiger charge is -2.47. The van der Waals surface area contributed by atoms with Crippen molar-refractivity contribution in [3.8, 4) is 6.01 Å². The number of halogens is 3. The smallest absolute Gasteiger partial charge is 0.419 e. The van der Waals surface area contributed by atoms with Crippen molar-refractivity contribution in [2.45, 2.75) is 37.6 Å². The Labute approximate surface area is 119 Å². The zero-order valence-corrected chi connectivity index (χ0v) is 11.1. The van der Waals surface area contributed by atoms with Gasteiger partial charge in [-0.15, -0.1) is 0 Å². The first-order chi connectivity index (χ1) is 9.97. The van der Waals surface area contributed by atoms with Crippen LogP contribution in [-0.4, -0.2) is 40.0 Å². The Balaban J connectivity index is 1.70. The molecule has 0 aromatic carbocycles. The van der Waals surface area contributed by atoms with Crippen molar-refractivity contribution in [1.29, 1.82) is 0 Å². The quantitative estimate of drug-likeness (QED) is 0.800. The fraction of sp³-hybridized carbons (Fsp3) is 0.615. The van der Waals surface area contributed by atoms with E-state index >= 15 is 0 Å². The average Bonchev–Trinajstić information content (AvgIpc) is 2.47. The van der Waals surface area contributed by atoms with Crippen LogP contribution < -0.4 is 4.74 Å². The fourth-order valence-corrected chi connectivity index (χ4v) is 3.08. The molecule has 2 saturated heterocycles. The van der Waals surface area contributed by atoms with Gasteiger partial charge in [0.1, 0.15) is 6.10 Å². The van der Waals surface area contributed by atoms with Gasteiger partial charge < -0.3 is 9.64 Å². The lowest BCUT2D eigenvalue weighted by atomic mass is 9.78. The van der Waals surface area contributed by atoms with Gasteiger partial charge in [-0.05, 0) is 25.2 Å². The predicted octanol–water partition coefficient (Wildman–Crippen LogP) is 1.88. The SMILES string of the molecule is O=CN1C[C@@H]2CC[C@H]1[C@H](Oc1ncc(C(F)(F)F)cn1)C2. The number of rotatable bonds is 3. The van der Waals surface area contributed by atoms with Gasteiger partial charge in [0.05, 0.1) is 11.6 Å². The molecule has 1 amide bonds. The third kappa shape index (κ3) is 2.79. The normalized spacial score (nSPS) is 28.5. The van der Waals surface area contributed by atoms with Crippen LogP contribution in [0.2, 0.25) is 0 Å². The Hall–Kier alpha value is -1.86. The molecule has 1 aliphatic carbocycles. The molecule has 21 heavy (non-hydrogen) atoms. The summed E-state index contributed by atoms with van der Waals surface area (Å²) in [5, 5.41) is 0. The molecule has 0 spiro atoms. The summed E-state index contributed by atoms with van der Waals surface area (Å²) in [7, 11) is 0. The van der Waals surface area contributed by atoms with E-state index in [9.17, 15) is 18.0 Å². The van der Waals surface area contributed by atoms with Gasteiger partial charge in [0.25, 0.3) is 0 Å². The minimum atomic E-state index is -4.46. The largest absolute Gasteiger partial charge is 0.458 e. The number of piperidine rings is 2. The van der Waals surface area contributed by atoms with Gasteiger partial charge >= 0.3 is 12.2 Å². The predicted molar refractivity (Wildman–Crippen MR) is 65.3 cm³/mol. The highest BCUT2D eigenvalue weighted by atomic mass is 19.4. The van der Waals surface area contributed by atoms with E-state index in [1.165, 1.54) is 0 Å². The maximum Gasteiger partial charge on any atom is 0.419 e. The van der Waals surface area contributed by atoms with Crippen LogP contribution in [0, 0.1) is 5.92 Å². The van der Waals surface area contributed by atoms with E-state index in [4.69, 9.17) is 4.74 Å². The van der Waals surface area contributed by atoms with Crippen LogP contribution in [0.3, 0.4) is 0 Å². The monoisotopic (exact) mass is 301 g/mol. The summed E-state index contributed by atoms with van der Waals surface area (Å²) in [5.74, 6) is 0.375. The van der Waals surface area contributed by atoms with E-state index in [1.54, 1.807) is 4.90 Å². The van der Waals surface area contributed by atoms with Gasteiger partial charge in [-0.3, -0.25) is 4.79 Å². The summed E-state index contributed by atoms with van der Waals surface area (Å²) in [4.78, 5) is 19.9. The first-order valence-corrected chi connectivity index (χ1v) is 6.74. The highest BCUT2D eigenvalue weighted by molar-refractivity contribution is 5.48. The summed E-state index contributed by atoms with van der Waals surface area (Å²) in [6.45, 7) is 0.724. The molecule has 0 N–H and O–H groups in total. The summed E-state index contributed by atoms with van der Waals surface area (Å²) in [6.07, 6.45) is 0.175. The molecule has 5 nitrogen and oxygen atoms in total. The molecule has 1 saturated carbocycles. The second-order valence-corrected chi connectivity index (χ2v) is 5.46. The van der Waals surface area contributed by atoms with Gasteiger partial charge in [-0.1, -0.05) is 0 Å². The summed E-state index contributed by atoms with van der Waals surface area (Å²) < 4.78 is 42.9. The molecule has 1 aromatic heterocycles. The van der Waals surface area contributed by atoms with Gasteiger partial charge in [0, 0.05) is 18.9 Å². The van der Waals surface area contributed by atoms with Gasteiger partial charge in [0.2, 0.25) is 6.41 Å². The van der Waals surface area contributed by atoms with Crippen molar-refractivity contribution < 1.29 is 22.7 Å². The van der Waals surface area contributed by atoms with Crippen LogP contribution in [-0.2, 0) is 11.0 Å². The summed E-state index contributed by atoms with van der Waals surface area (Å²) in [6, 6.07) is -0.121. The van der Waals surface area contributed by atoms with Crippen molar-refractivity contribution in [3.05, 3.63) is 18.0 Å². The first kappa shape index (κ1) is 14.1. The maximum atomic E-state index is 12.4. The number of fused-ring (bicyclic) bond motifs is 3. The molecule has 2 aliphatic heterocycles. The van der Waals surface area contributed by atoms with Gasteiger partial charge in [-0.25, -0.2) is 9.97 Å². The molecule has 114 valence electrons. The Bertz CT molecular complexity index is 520. The van der Waals surface area contributed by atoms with Crippen LogP contribution >= 0.6 is 0 Å². The molecular weight excluding hydrogens is 287 g/mol. The number of alkyl halides is 3. The van der Waals surface area contributed by atoms with E-state index in [2.05, 4.69) is 9.97 Å². The molecule has 3 aliphatic rings.